The lowest BCUT2D eigenvalue weighted by molar-refractivity contribution is 0.353. The summed E-state index contributed by atoms with van der Waals surface area (Å²) < 4.78 is 23.6. The Morgan fingerprint density at radius 2 is 1.96 bits per heavy atom. The van der Waals surface area contributed by atoms with Gasteiger partial charge in [0.2, 0.25) is 0 Å². The first-order valence-corrected chi connectivity index (χ1v) is 10.2. The number of benzene rings is 1. The molecule has 5 nitrogen and oxygen atoms in total. The largest absolute Gasteiger partial charge is 0.357 e. The topological polar surface area (TPSA) is 61.8 Å². The van der Waals surface area contributed by atoms with Gasteiger partial charge in [0.1, 0.15) is 0 Å². The van der Waals surface area contributed by atoms with E-state index in [1.165, 1.54) is 11.1 Å². The van der Waals surface area contributed by atoms with Crippen molar-refractivity contribution in [2.75, 3.05) is 31.9 Å². The summed E-state index contributed by atoms with van der Waals surface area (Å²) in [4.78, 5) is 6.77. The fourth-order valence-electron chi connectivity index (χ4n) is 2.80. The molecule has 0 unspecified atom stereocenters. The highest BCUT2D eigenvalue weighted by molar-refractivity contribution is 7.92. The fourth-order valence-corrected chi connectivity index (χ4v) is 4.16. The first-order chi connectivity index (χ1) is 11.2. The normalized spacial score (nSPS) is 20.0. The lowest BCUT2D eigenvalue weighted by atomic mass is 10.1. The summed E-state index contributed by atoms with van der Waals surface area (Å²) in [5.74, 6) is 0.995. The third-order valence-electron chi connectivity index (χ3n) is 4.46. The molecule has 1 aromatic rings. The van der Waals surface area contributed by atoms with Crippen molar-refractivity contribution < 1.29 is 8.42 Å². The number of sulfone groups is 1. The minimum absolute atomic E-state index is 0.183. The van der Waals surface area contributed by atoms with Crippen LogP contribution in [-0.4, -0.2) is 56.0 Å². The van der Waals surface area contributed by atoms with Gasteiger partial charge in [0, 0.05) is 26.2 Å². The molecular weight excluding hydrogens is 322 g/mol. The van der Waals surface area contributed by atoms with Crippen LogP contribution in [0.25, 0.3) is 0 Å². The third kappa shape index (κ3) is 4.50. The molecule has 0 aromatic heterocycles. The molecule has 134 valence electrons. The molecule has 1 N–H and O–H groups in total. The molecule has 0 bridgehead atoms. The number of guanidine groups is 1. The van der Waals surface area contributed by atoms with E-state index in [1.807, 2.05) is 6.92 Å². The van der Waals surface area contributed by atoms with Crippen molar-refractivity contribution in [1.29, 1.82) is 0 Å². The van der Waals surface area contributed by atoms with Gasteiger partial charge in [0.25, 0.3) is 0 Å². The van der Waals surface area contributed by atoms with Crippen LogP contribution in [0.4, 0.5) is 0 Å². The van der Waals surface area contributed by atoms with Gasteiger partial charge in [-0.25, -0.2) is 8.42 Å². The second-order valence-corrected chi connectivity index (χ2v) is 9.71. The third-order valence-corrected chi connectivity index (χ3v) is 6.99. The fraction of sp³-hybridized carbons (Fsp3) is 0.611. The Bertz CT molecular complexity index is 679. The molecule has 1 saturated heterocycles. The Hall–Kier alpha value is -1.56. The smallest absolute Gasteiger partial charge is 0.194 e. The van der Waals surface area contributed by atoms with Gasteiger partial charge >= 0.3 is 0 Å². The number of nitrogens with zero attached hydrogens (tertiary/aromatic N) is 2. The van der Waals surface area contributed by atoms with Crippen molar-refractivity contribution in [3.05, 3.63) is 35.4 Å². The summed E-state index contributed by atoms with van der Waals surface area (Å²) >= 11 is 0. The molecule has 1 aliphatic heterocycles. The number of hydrogen-bond acceptors (Lipinski definition) is 3. The average Bonchev–Trinajstić information content (AvgIpc) is 2.51. The maximum Gasteiger partial charge on any atom is 0.194 e. The van der Waals surface area contributed by atoms with Gasteiger partial charge < -0.3 is 10.2 Å². The number of nitrogens with one attached hydrogen (secondary N) is 1. The monoisotopic (exact) mass is 351 g/mol. The van der Waals surface area contributed by atoms with Gasteiger partial charge in [-0.3, -0.25) is 4.99 Å². The van der Waals surface area contributed by atoms with Gasteiger partial charge in [0.15, 0.2) is 15.8 Å². The molecule has 0 saturated carbocycles. The molecule has 1 aromatic carbocycles. The lowest BCUT2D eigenvalue weighted by Crippen LogP contribution is -2.57. The zero-order chi connectivity index (χ0) is 17.8. The van der Waals surface area contributed by atoms with Crippen LogP contribution in [0.5, 0.6) is 0 Å². The summed E-state index contributed by atoms with van der Waals surface area (Å²) in [7, 11) is -3.03. The van der Waals surface area contributed by atoms with Crippen LogP contribution in [0.1, 0.15) is 31.9 Å². The molecule has 0 amide bonds. The first-order valence-electron chi connectivity index (χ1n) is 8.56. The molecule has 6 heteroatoms. The molecule has 24 heavy (non-hydrogen) atoms. The molecule has 0 atom stereocenters. The van der Waals surface area contributed by atoms with Crippen molar-refractivity contribution in [2.45, 2.75) is 38.9 Å². The van der Waals surface area contributed by atoms with E-state index in [0.29, 0.717) is 19.6 Å². The van der Waals surface area contributed by atoms with Gasteiger partial charge in [-0.2, -0.15) is 0 Å². The van der Waals surface area contributed by atoms with Crippen LogP contribution < -0.4 is 5.32 Å². The van der Waals surface area contributed by atoms with Gasteiger partial charge in [-0.1, -0.05) is 29.8 Å². The summed E-state index contributed by atoms with van der Waals surface area (Å²) in [5, 5.41) is 3.29. The zero-order valence-electron chi connectivity index (χ0n) is 15.2. The minimum Gasteiger partial charge on any atom is -0.357 e. The highest BCUT2D eigenvalue weighted by Gasteiger charge is 2.40. The maximum atomic E-state index is 12.2. The van der Waals surface area contributed by atoms with Crippen LogP contribution >= 0.6 is 0 Å². The van der Waals surface area contributed by atoms with Gasteiger partial charge in [0.05, 0.1) is 10.5 Å². The highest BCUT2D eigenvalue weighted by Crippen LogP contribution is 2.23. The Labute approximate surface area is 146 Å². The molecule has 2 rings (SSSR count). The van der Waals surface area contributed by atoms with Crippen LogP contribution in [0.3, 0.4) is 0 Å². The predicted molar refractivity (Wildman–Crippen MR) is 100 cm³/mol. The van der Waals surface area contributed by atoms with Crippen LogP contribution in [0, 0.1) is 6.92 Å². The Morgan fingerprint density at radius 3 is 2.54 bits per heavy atom. The molecular formula is C18H29N3O2S. The molecule has 1 fully saturated rings. The van der Waals surface area contributed by atoms with E-state index >= 15 is 0 Å². The van der Waals surface area contributed by atoms with Crippen LogP contribution in [0.2, 0.25) is 0 Å². The van der Waals surface area contributed by atoms with Crippen molar-refractivity contribution in [1.82, 2.24) is 10.2 Å². The summed E-state index contributed by atoms with van der Waals surface area (Å²) in [6.45, 7) is 10.1. The Kier molecular flexibility index (Phi) is 5.91. The quantitative estimate of drug-likeness (QED) is 0.666. The van der Waals surface area contributed by atoms with Crippen molar-refractivity contribution >= 4 is 15.8 Å². The van der Waals surface area contributed by atoms with Crippen molar-refractivity contribution in [3.63, 3.8) is 0 Å². The van der Waals surface area contributed by atoms with E-state index < -0.39 is 14.6 Å². The molecule has 1 heterocycles. The SMILES string of the molecule is CCNC(=NCCc1ccc(C)cc1)N1CCS(=O)(=O)C(C)(C)C1. The molecule has 1 aliphatic rings. The van der Waals surface area contributed by atoms with E-state index in [9.17, 15) is 8.42 Å². The first kappa shape index (κ1) is 18.8. The summed E-state index contributed by atoms with van der Waals surface area (Å²) in [6.07, 6.45) is 0.880. The second kappa shape index (κ2) is 7.55. The average molecular weight is 352 g/mol. The minimum atomic E-state index is -3.03. The maximum absolute atomic E-state index is 12.2. The van der Waals surface area contributed by atoms with Crippen molar-refractivity contribution in [3.8, 4) is 0 Å². The highest BCUT2D eigenvalue weighted by atomic mass is 32.2. The standard InChI is InChI=1S/C18H29N3O2S/c1-5-19-17(20-11-10-16-8-6-15(2)7-9-16)21-12-13-24(22,23)18(3,4)14-21/h6-9H,5,10-14H2,1-4H3,(H,19,20). The van der Waals surface area contributed by atoms with E-state index in [-0.39, 0.29) is 5.75 Å². The summed E-state index contributed by atoms with van der Waals surface area (Å²) in [6, 6.07) is 8.49. The Morgan fingerprint density at radius 1 is 1.29 bits per heavy atom. The second-order valence-electron chi connectivity index (χ2n) is 6.97. The Balaban J connectivity index is 2.04. The van der Waals surface area contributed by atoms with E-state index in [1.54, 1.807) is 13.8 Å². The summed E-state index contributed by atoms with van der Waals surface area (Å²) in [5.41, 5.74) is 2.52. The van der Waals surface area contributed by atoms with Crippen LogP contribution in [0.15, 0.2) is 29.3 Å². The number of rotatable bonds is 4. The number of hydrogen-bond donors (Lipinski definition) is 1. The van der Waals surface area contributed by atoms with E-state index in [2.05, 4.69) is 41.4 Å². The number of aliphatic imine (C=N–C) groups is 1. The molecule has 0 spiro atoms. The predicted octanol–water partition coefficient (Wildman–Crippen LogP) is 2.01. The van der Waals surface area contributed by atoms with Crippen molar-refractivity contribution in [2.24, 2.45) is 4.99 Å². The van der Waals surface area contributed by atoms with E-state index in [0.717, 1.165) is 18.9 Å². The lowest BCUT2D eigenvalue weighted by Gasteiger charge is -2.39. The zero-order valence-corrected chi connectivity index (χ0v) is 16.0. The van der Waals surface area contributed by atoms with Gasteiger partial charge in [-0.15, -0.1) is 0 Å². The molecule has 0 aliphatic carbocycles. The van der Waals surface area contributed by atoms with Gasteiger partial charge in [-0.05, 0) is 39.7 Å². The molecule has 0 radical (unpaired) electrons. The van der Waals surface area contributed by atoms with Crippen LogP contribution in [-0.2, 0) is 16.3 Å². The number of aryl methyl sites for hydroxylation is 1. The van der Waals surface area contributed by atoms with E-state index in [4.69, 9.17) is 4.99 Å².